The molecule has 0 heterocycles. The Morgan fingerprint density at radius 2 is 1.70 bits per heavy atom. The Bertz CT molecular complexity index is 500. The molecule has 0 unspecified atom stereocenters. The normalized spacial score (nSPS) is 14.7. The van der Waals surface area contributed by atoms with Crippen LogP contribution in [0.4, 0.5) is 4.39 Å². The lowest BCUT2D eigenvalue weighted by Crippen LogP contribution is -2.36. The van der Waals surface area contributed by atoms with Crippen molar-refractivity contribution in [2.75, 3.05) is 12.4 Å². The van der Waals surface area contributed by atoms with Crippen LogP contribution in [0.25, 0.3) is 5.57 Å². The van der Waals surface area contributed by atoms with Crippen LogP contribution in [0.5, 0.6) is 0 Å². The Labute approximate surface area is 146 Å². The molecule has 2 rings (SSSR count). The van der Waals surface area contributed by atoms with Gasteiger partial charge in [-0.2, -0.15) is 0 Å². The predicted molar refractivity (Wildman–Crippen MR) is 101 cm³/mol. The summed E-state index contributed by atoms with van der Waals surface area (Å²) < 4.78 is 13.5. The lowest BCUT2D eigenvalue weighted by molar-refractivity contribution is 0.185. The minimum atomic E-state index is -0.132. The molecule has 23 heavy (non-hydrogen) atoms. The minimum Gasteiger partial charge on any atom is -0.299 e. The molecule has 1 aliphatic carbocycles. The minimum absolute atomic E-state index is 0.132. The van der Waals surface area contributed by atoms with Crippen molar-refractivity contribution in [1.82, 2.24) is 4.90 Å². The van der Waals surface area contributed by atoms with Gasteiger partial charge < -0.3 is 0 Å². The van der Waals surface area contributed by atoms with Gasteiger partial charge in [0.15, 0.2) is 0 Å². The van der Waals surface area contributed by atoms with Crippen molar-refractivity contribution >= 4 is 17.2 Å². The molecule has 3 heteroatoms. The monoisotopic (exact) mass is 339 g/mol. The second-order valence-electron chi connectivity index (χ2n) is 6.57. The summed E-state index contributed by atoms with van der Waals surface area (Å²) in [6.07, 6.45) is 3.09. The fourth-order valence-corrected chi connectivity index (χ4v) is 3.61. The number of nitrogens with zero attached hydrogens (tertiary/aromatic N) is 1. The zero-order chi connectivity index (χ0) is 17.4. The van der Waals surface area contributed by atoms with E-state index in [1.165, 1.54) is 11.6 Å². The Morgan fingerprint density at radius 3 is 2.13 bits per heavy atom. The Hall–Kier alpha value is -0.860. The molecule has 1 aromatic rings. The second-order valence-corrected chi connectivity index (χ2v) is 6.83. The van der Waals surface area contributed by atoms with Crippen molar-refractivity contribution in [1.29, 1.82) is 0 Å². The van der Waals surface area contributed by atoms with Gasteiger partial charge in [0.2, 0.25) is 0 Å². The van der Waals surface area contributed by atoms with Crippen LogP contribution in [0.15, 0.2) is 29.8 Å². The fraction of sp³-hybridized carbons (Fsp3) is 0.600. The molecule has 1 nitrogen and oxygen atoms in total. The lowest BCUT2D eigenvalue weighted by atomic mass is 10.0. The van der Waals surface area contributed by atoms with E-state index in [2.05, 4.69) is 39.5 Å². The number of allylic oxidation sites excluding steroid dienone is 2. The van der Waals surface area contributed by atoms with E-state index in [-0.39, 0.29) is 5.82 Å². The zero-order valence-electron chi connectivity index (χ0n) is 15.2. The molecule has 0 radical (unpaired) electrons. The molecule has 0 spiro atoms. The largest absolute Gasteiger partial charge is 0.299 e. The fourth-order valence-electron chi connectivity index (χ4n) is 3.31. The molecule has 0 atom stereocenters. The number of hydrogen-bond acceptors (Lipinski definition) is 1. The topological polar surface area (TPSA) is 3.24 Å². The number of halogens is 2. The predicted octanol–water partition coefficient (Wildman–Crippen LogP) is 6.13. The molecule has 0 aliphatic heterocycles. The van der Waals surface area contributed by atoms with E-state index < -0.39 is 0 Å². The third kappa shape index (κ3) is 5.93. The average Bonchev–Trinajstić information content (AvgIpc) is 2.96. The van der Waals surface area contributed by atoms with Crippen LogP contribution in [0.1, 0.15) is 59.4 Å². The highest BCUT2D eigenvalue weighted by molar-refractivity contribution is 6.20. The number of rotatable bonds is 5. The molecule has 130 valence electrons. The molecule has 0 amide bonds. The smallest absolute Gasteiger partial charge is 0.130 e. The van der Waals surface area contributed by atoms with E-state index in [9.17, 15) is 4.39 Å². The van der Waals surface area contributed by atoms with E-state index in [4.69, 9.17) is 11.6 Å². The first-order valence-corrected chi connectivity index (χ1v) is 9.23. The van der Waals surface area contributed by atoms with Gasteiger partial charge in [0, 0.05) is 23.5 Å². The summed E-state index contributed by atoms with van der Waals surface area (Å²) in [4.78, 5) is 2.46. The molecule has 0 saturated heterocycles. The van der Waals surface area contributed by atoms with Crippen molar-refractivity contribution in [2.45, 2.75) is 66.0 Å². The van der Waals surface area contributed by atoms with Gasteiger partial charge in [-0.25, -0.2) is 4.39 Å². The number of hydrogen-bond donors (Lipinski definition) is 0. The molecule has 0 N–H and O–H groups in total. The summed E-state index contributed by atoms with van der Waals surface area (Å²) in [6, 6.07) is 8.31. The van der Waals surface area contributed by atoms with Crippen LogP contribution in [-0.2, 0) is 0 Å². The van der Waals surface area contributed by atoms with Gasteiger partial charge in [-0.3, -0.25) is 4.90 Å². The van der Waals surface area contributed by atoms with Gasteiger partial charge >= 0.3 is 0 Å². The van der Waals surface area contributed by atoms with E-state index >= 15 is 0 Å². The average molecular weight is 340 g/mol. The van der Waals surface area contributed by atoms with Gasteiger partial charge in [-0.15, -0.1) is 11.6 Å². The Balaban J connectivity index is 0.000000257. The van der Waals surface area contributed by atoms with E-state index in [1.807, 2.05) is 12.1 Å². The molecule has 0 fully saturated rings. The second kappa shape index (κ2) is 10.1. The van der Waals surface area contributed by atoms with Crippen molar-refractivity contribution in [2.24, 2.45) is 0 Å². The summed E-state index contributed by atoms with van der Waals surface area (Å²) in [5.74, 6) is 0.399. The first kappa shape index (κ1) is 20.2. The van der Waals surface area contributed by atoms with Crippen LogP contribution in [0.2, 0.25) is 0 Å². The summed E-state index contributed by atoms with van der Waals surface area (Å²) in [5, 5.41) is 0. The third-order valence-corrected chi connectivity index (χ3v) is 4.71. The zero-order valence-corrected chi connectivity index (χ0v) is 16.0. The number of alkyl halides is 1. The van der Waals surface area contributed by atoms with E-state index in [1.54, 1.807) is 6.07 Å². The van der Waals surface area contributed by atoms with Crippen LogP contribution < -0.4 is 0 Å². The summed E-state index contributed by atoms with van der Waals surface area (Å²) in [5.41, 5.74) is 3.07. The Morgan fingerprint density at radius 1 is 1.09 bits per heavy atom. The molecule has 1 aromatic carbocycles. The quantitative estimate of drug-likeness (QED) is 0.583. The summed E-state index contributed by atoms with van der Waals surface area (Å²) in [7, 11) is 0. The van der Waals surface area contributed by atoms with E-state index in [0.29, 0.717) is 18.0 Å². The summed E-state index contributed by atoms with van der Waals surface area (Å²) in [6.45, 7) is 12.3. The van der Waals surface area contributed by atoms with Crippen LogP contribution in [-0.4, -0.2) is 29.4 Å². The third-order valence-electron chi connectivity index (χ3n) is 4.38. The maximum Gasteiger partial charge on any atom is 0.130 e. The Kier molecular flexibility index (Phi) is 8.86. The molecular weight excluding hydrogens is 309 g/mol. The standard InChI is InChI=1S/C12H12ClF.C8H19N/c13-8-9-4-3-6-10(9)11-5-1-2-7-12(11)14;1-6-9(7(2)3)8(4)5/h1-2,5,7H,3-4,6,8H2;7-8H,6H2,1-5H3. The highest BCUT2D eigenvalue weighted by Crippen LogP contribution is 2.35. The molecular formula is C20H31ClFN. The van der Waals surface area contributed by atoms with Gasteiger partial charge in [-0.1, -0.05) is 30.7 Å². The SMILES string of the molecule is CCN(C(C)C)C(C)C.Fc1ccccc1C1=C(CCl)CCC1. The molecule has 0 saturated carbocycles. The maximum atomic E-state index is 13.5. The highest BCUT2D eigenvalue weighted by atomic mass is 35.5. The highest BCUT2D eigenvalue weighted by Gasteiger charge is 2.17. The number of benzene rings is 1. The molecule has 1 aliphatic rings. The van der Waals surface area contributed by atoms with Crippen molar-refractivity contribution in [3.63, 3.8) is 0 Å². The lowest BCUT2D eigenvalue weighted by Gasteiger charge is -2.28. The molecule has 0 bridgehead atoms. The summed E-state index contributed by atoms with van der Waals surface area (Å²) >= 11 is 5.82. The van der Waals surface area contributed by atoms with E-state index in [0.717, 1.165) is 36.9 Å². The van der Waals surface area contributed by atoms with Gasteiger partial charge in [0.05, 0.1) is 0 Å². The van der Waals surface area contributed by atoms with Crippen molar-refractivity contribution < 1.29 is 4.39 Å². The van der Waals surface area contributed by atoms with Crippen LogP contribution >= 0.6 is 11.6 Å². The van der Waals surface area contributed by atoms with Gasteiger partial charge in [-0.05, 0) is 65.1 Å². The van der Waals surface area contributed by atoms with Crippen molar-refractivity contribution in [3.8, 4) is 0 Å². The molecule has 0 aromatic heterocycles. The first-order valence-electron chi connectivity index (χ1n) is 8.69. The van der Waals surface area contributed by atoms with Gasteiger partial charge in [0.25, 0.3) is 0 Å². The van der Waals surface area contributed by atoms with Crippen molar-refractivity contribution in [3.05, 3.63) is 41.2 Å². The maximum absolute atomic E-state index is 13.5. The first-order chi connectivity index (χ1) is 10.9. The van der Waals surface area contributed by atoms with Gasteiger partial charge in [0.1, 0.15) is 5.82 Å². The van der Waals surface area contributed by atoms with Crippen LogP contribution in [0, 0.1) is 5.82 Å². The van der Waals surface area contributed by atoms with Crippen LogP contribution in [0.3, 0.4) is 0 Å².